The Morgan fingerprint density at radius 1 is 1.41 bits per heavy atom. The predicted octanol–water partition coefficient (Wildman–Crippen LogP) is 2.39. The van der Waals surface area contributed by atoms with E-state index in [2.05, 4.69) is 13.8 Å². The number of nitriles is 1. The van der Waals surface area contributed by atoms with E-state index >= 15 is 0 Å². The molecule has 89 valence electrons. The summed E-state index contributed by atoms with van der Waals surface area (Å²) >= 11 is 0. The number of hydrogen-bond acceptors (Lipinski definition) is 2. The molecule has 0 aliphatic heterocycles. The molecule has 1 aromatic rings. The van der Waals surface area contributed by atoms with Crippen LogP contribution in [0.5, 0.6) is 0 Å². The van der Waals surface area contributed by atoms with E-state index in [4.69, 9.17) is 9.92 Å². The van der Waals surface area contributed by atoms with Crippen molar-refractivity contribution in [2.45, 2.75) is 33.3 Å². The van der Waals surface area contributed by atoms with E-state index in [-0.39, 0.29) is 11.2 Å². The first-order valence-corrected chi connectivity index (χ1v) is 5.57. The minimum atomic E-state index is -0.521. The van der Waals surface area contributed by atoms with E-state index in [1.807, 2.05) is 13.8 Å². The topological polar surface area (TPSA) is 33.0 Å². The van der Waals surface area contributed by atoms with Crippen LogP contribution in [0.15, 0.2) is 18.2 Å². The third-order valence-electron chi connectivity index (χ3n) is 3.00. The van der Waals surface area contributed by atoms with Crippen LogP contribution in [0, 0.1) is 23.1 Å². The zero-order valence-electron chi connectivity index (χ0n) is 10.6. The van der Waals surface area contributed by atoms with Crippen molar-refractivity contribution in [3.05, 3.63) is 29.6 Å². The Kier molecular flexibility index (Phi) is 4.30. The molecule has 0 atom stereocenters. The first-order valence-electron chi connectivity index (χ1n) is 5.57. The Labute approximate surface area is 103 Å². The summed E-state index contributed by atoms with van der Waals surface area (Å²) in [4.78, 5) is 0. The van der Waals surface area contributed by atoms with Crippen LogP contribution in [0.25, 0.3) is 0 Å². The average Bonchev–Trinajstić information content (AvgIpc) is 2.26. The molecule has 17 heavy (non-hydrogen) atoms. The molecule has 0 fully saturated rings. The Bertz CT molecular complexity index is 438. The molecule has 0 unspecified atom stereocenters. The van der Waals surface area contributed by atoms with Gasteiger partial charge in [0.15, 0.2) is 0 Å². The molecule has 0 saturated carbocycles. The maximum absolute atomic E-state index is 13.3. The summed E-state index contributed by atoms with van der Waals surface area (Å²) in [6.45, 7) is 8.09. The molecule has 4 heteroatoms. The number of rotatable bonds is 4. The van der Waals surface area contributed by atoms with Crippen molar-refractivity contribution < 1.29 is 9.04 Å². The van der Waals surface area contributed by atoms with E-state index in [9.17, 15) is 4.39 Å². The Hall–Kier alpha value is -1.34. The average molecular weight is 232 g/mol. The summed E-state index contributed by atoms with van der Waals surface area (Å²) in [5.74, 6) is -0.172. The smallest absolute Gasteiger partial charge is 0.330 e. The zero-order valence-corrected chi connectivity index (χ0v) is 10.6. The van der Waals surface area contributed by atoms with Crippen LogP contribution in [0.2, 0.25) is 0 Å². The molecule has 0 aliphatic rings. The van der Waals surface area contributed by atoms with Gasteiger partial charge in [-0.2, -0.15) is 5.26 Å². The van der Waals surface area contributed by atoms with Crippen molar-refractivity contribution in [3.63, 3.8) is 0 Å². The third kappa shape index (κ3) is 3.57. The normalized spacial score (nSPS) is 11.4. The maximum Gasteiger partial charge on any atom is 0.330 e. The molecule has 1 aromatic carbocycles. The highest BCUT2D eigenvalue weighted by Gasteiger charge is 2.23. The summed E-state index contributed by atoms with van der Waals surface area (Å²) in [6, 6.07) is 6.20. The Morgan fingerprint density at radius 2 is 2.06 bits per heavy atom. The molecule has 0 saturated heterocycles. The van der Waals surface area contributed by atoms with Gasteiger partial charge in [-0.15, -0.1) is 0 Å². The second kappa shape index (κ2) is 5.33. The van der Waals surface area contributed by atoms with E-state index in [0.717, 1.165) is 0 Å². The molecule has 2 nitrogen and oxygen atoms in total. The molecule has 0 aliphatic carbocycles. The van der Waals surface area contributed by atoms with E-state index in [1.165, 1.54) is 19.6 Å². The van der Waals surface area contributed by atoms with Crippen LogP contribution in [-0.4, -0.2) is 13.1 Å². The molecule has 0 heterocycles. The molecular formula is C13H16BFNO. The van der Waals surface area contributed by atoms with E-state index in [0.29, 0.717) is 11.4 Å². The predicted molar refractivity (Wildman–Crippen MR) is 66.5 cm³/mol. The van der Waals surface area contributed by atoms with Gasteiger partial charge in [-0.1, -0.05) is 25.4 Å². The van der Waals surface area contributed by atoms with Crippen molar-refractivity contribution >= 4 is 12.9 Å². The summed E-state index contributed by atoms with van der Waals surface area (Å²) in [5, 5.41) is 8.61. The van der Waals surface area contributed by atoms with Crippen LogP contribution in [0.3, 0.4) is 0 Å². The monoisotopic (exact) mass is 232 g/mol. The van der Waals surface area contributed by atoms with Crippen molar-refractivity contribution in [2.24, 2.45) is 5.92 Å². The number of nitrogens with zero attached hydrogens (tertiary/aromatic N) is 1. The van der Waals surface area contributed by atoms with Crippen LogP contribution in [0.4, 0.5) is 4.39 Å². The minimum Gasteiger partial charge on any atom is -0.429 e. The van der Waals surface area contributed by atoms with Gasteiger partial charge in [-0.05, 0) is 31.9 Å². The molecule has 0 amide bonds. The highest BCUT2D eigenvalue weighted by molar-refractivity contribution is 6.47. The fraction of sp³-hybridized carbons (Fsp3) is 0.462. The maximum atomic E-state index is 13.3. The largest absolute Gasteiger partial charge is 0.429 e. The van der Waals surface area contributed by atoms with Crippen molar-refractivity contribution in [2.75, 3.05) is 0 Å². The lowest BCUT2D eigenvalue weighted by molar-refractivity contribution is 0.0668. The molecule has 0 spiro atoms. The summed E-state index contributed by atoms with van der Waals surface area (Å²) < 4.78 is 19.0. The number of hydrogen-bond donors (Lipinski definition) is 0. The third-order valence-corrected chi connectivity index (χ3v) is 3.00. The van der Waals surface area contributed by atoms with Gasteiger partial charge in [-0.25, -0.2) is 4.39 Å². The van der Waals surface area contributed by atoms with E-state index < -0.39 is 5.82 Å². The Morgan fingerprint density at radius 3 is 2.53 bits per heavy atom. The standard InChI is InChI=1S/C13H16BFNO/c1-9(2)13(3,4)17-14-11-6-5-10(8-16)12(15)7-11/h5-7,9H,1-4H3. The second-order valence-electron chi connectivity index (χ2n) is 4.84. The van der Waals surface area contributed by atoms with Gasteiger partial charge in [0.05, 0.1) is 5.56 Å². The van der Waals surface area contributed by atoms with Gasteiger partial charge in [0.25, 0.3) is 0 Å². The highest BCUT2D eigenvalue weighted by Crippen LogP contribution is 2.19. The molecule has 0 bridgehead atoms. The number of benzene rings is 1. The van der Waals surface area contributed by atoms with Crippen LogP contribution < -0.4 is 5.46 Å². The van der Waals surface area contributed by atoms with Crippen LogP contribution >= 0.6 is 0 Å². The van der Waals surface area contributed by atoms with Crippen molar-refractivity contribution in [1.29, 1.82) is 5.26 Å². The van der Waals surface area contributed by atoms with Gasteiger partial charge in [-0.3, -0.25) is 0 Å². The molecule has 0 N–H and O–H groups in total. The van der Waals surface area contributed by atoms with Crippen LogP contribution in [0.1, 0.15) is 33.3 Å². The first kappa shape index (κ1) is 13.7. The summed E-state index contributed by atoms with van der Waals surface area (Å²) in [6.07, 6.45) is 0. The fourth-order valence-corrected chi connectivity index (χ4v) is 1.05. The van der Waals surface area contributed by atoms with Gasteiger partial charge in [0.1, 0.15) is 11.9 Å². The lowest BCUT2D eigenvalue weighted by atomic mass is 9.84. The second-order valence-corrected chi connectivity index (χ2v) is 4.84. The van der Waals surface area contributed by atoms with Gasteiger partial charge >= 0.3 is 7.48 Å². The Balaban J connectivity index is 2.72. The van der Waals surface area contributed by atoms with Crippen LogP contribution in [-0.2, 0) is 4.65 Å². The highest BCUT2D eigenvalue weighted by atomic mass is 19.1. The quantitative estimate of drug-likeness (QED) is 0.746. The summed E-state index contributed by atoms with van der Waals surface area (Å²) in [5.41, 5.74) is 0.366. The molecule has 1 radical (unpaired) electrons. The first-order chi connectivity index (χ1) is 7.86. The van der Waals surface area contributed by atoms with Gasteiger partial charge in [0, 0.05) is 5.60 Å². The fourth-order valence-electron chi connectivity index (χ4n) is 1.05. The van der Waals surface area contributed by atoms with Crippen molar-refractivity contribution in [3.8, 4) is 6.07 Å². The minimum absolute atomic E-state index is 0.0465. The van der Waals surface area contributed by atoms with Gasteiger partial charge in [0.2, 0.25) is 0 Å². The lowest BCUT2D eigenvalue weighted by Crippen LogP contribution is -2.36. The molecule has 0 aromatic heterocycles. The summed E-state index contributed by atoms with van der Waals surface area (Å²) in [7, 11) is 1.53. The molecule has 1 rings (SSSR count). The SMILES string of the molecule is CC(C)C(C)(C)O[B]c1ccc(C#N)c(F)c1. The molecular weight excluding hydrogens is 216 g/mol. The zero-order chi connectivity index (χ0) is 13.1. The van der Waals surface area contributed by atoms with E-state index in [1.54, 1.807) is 12.1 Å². The lowest BCUT2D eigenvalue weighted by Gasteiger charge is -2.30. The van der Waals surface area contributed by atoms with Gasteiger partial charge < -0.3 is 4.65 Å². The van der Waals surface area contributed by atoms with Crippen molar-refractivity contribution in [1.82, 2.24) is 0 Å². The number of halogens is 1.